The van der Waals surface area contributed by atoms with Gasteiger partial charge in [-0.05, 0) is 35.7 Å². The maximum atomic E-state index is 12.4. The van der Waals surface area contributed by atoms with Crippen LogP contribution < -0.4 is 21.8 Å². The van der Waals surface area contributed by atoms with Crippen LogP contribution in [0.4, 0.5) is 0 Å². The molecule has 0 saturated heterocycles. The van der Waals surface area contributed by atoms with Crippen molar-refractivity contribution in [1.82, 2.24) is 16.1 Å². The molecule has 0 radical (unpaired) electrons. The number of nitrogens with two attached hydrogens (primary N) is 1. The van der Waals surface area contributed by atoms with Crippen LogP contribution in [0.3, 0.4) is 0 Å². The largest absolute Gasteiger partial charge is 0.339 e. The van der Waals surface area contributed by atoms with E-state index in [0.717, 1.165) is 16.7 Å². The second-order valence-corrected chi connectivity index (χ2v) is 6.65. The van der Waals surface area contributed by atoms with Crippen molar-refractivity contribution in [2.45, 2.75) is 32.0 Å². The highest BCUT2D eigenvalue weighted by Crippen LogP contribution is 2.20. The van der Waals surface area contributed by atoms with Crippen molar-refractivity contribution >= 4 is 11.8 Å². The van der Waals surface area contributed by atoms with Gasteiger partial charge in [-0.25, -0.2) is 5.48 Å². The molecule has 0 spiro atoms. The molecular formula is C21H25N5O3. The van der Waals surface area contributed by atoms with E-state index >= 15 is 0 Å². The average molecular weight is 395 g/mol. The number of hydrogen-bond acceptors (Lipinski definition) is 6. The van der Waals surface area contributed by atoms with Crippen molar-refractivity contribution in [2.75, 3.05) is 6.54 Å². The zero-order chi connectivity index (χ0) is 21.2. The first-order valence-corrected chi connectivity index (χ1v) is 9.23. The van der Waals surface area contributed by atoms with Gasteiger partial charge in [-0.3, -0.25) is 14.8 Å². The topological polar surface area (TPSA) is 140 Å². The molecule has 2 aromatic rings. The summed E-state index contributed by atoms with van der Waals surface area (Å²) in [5.41, 5.74) is 10.6. The van der Waals surface area contributed by atoms with Gasteiger partial charge in [-0.1, -0.05) is 36.4 Å². The molecule has 0 aliphatic rings. The van der Waals surface area contributed by atoms with E-state index in [-0.39, 0.29) is 0 Å². The van der Waals surface area contributed by atoms with Gasteiger partial charge in [0.2, 0.25) is 0 Å². The van der Waals surface area contributed by atoms with E-state index in [1.165, 1.54) is 5.48 Å². The highest BCUT2D eigenvalue weighted by atomic mass is 16.5. The minimum absolute atomic E-state index is 0.378. The molecule has 2 rings (SSSR count). The summed E-state index contributed by atoms with van der Waals surface area (Å²) < 4.78 is 0. The van der Waals surface area contributed by atoms with Crippen molar-refractivity contribution in [3.63, 3.8) is 0 Å². The molecule has 2 amide bonds. The summed E-state index contributed by atoms with van der Waals surface area (Å²) in [6, 6.07) is 15.4. The van der Waals surface area contributed by atoms with Gasteiger partial charge in [0.05, 0.1) is 6.07 Å². The summed E-state index contributed by atoms with van der Waals surface area (Å²) in [7, 11) is 0. The number of hydroxylamine groups is 1. The highest BCUT2D eigenvalue weighted by molar-refractivity contribution is 5.98. The lowest BCUT2D eigenvalue weighted by atomic mass is 10.0. The molecule has 6 N–H and O–H groups in total. The van der Waals surface area contributed by atoms with Gasteiger partial charge in [0.25, 0.3) is 11.8 Å². The van der Waals surface area contributed by atoms with Crippen LogP contribution in [0.2, 0.25) is 0 Å². The predicted molar refractivity (Wildman–Crippen MR) is 109 cm³/mol. The SMILES string of the molecule is C[C@@H](N)[C@H](NC(=O)c1ccc(-c2ccc(CNCCC#N)cc2)cc1)C(=O)NO. The predicted octanol–water partition coefficient (Wildman–Crippen LogP) is 1.31. The molecule has 0 aliphatic heterocycles. The molecule has 2 atom stereocenters. The standard InChI is InChI=1S/C21H25N5O3/c1-14(23)19(21(28)26-29)25-20(27)18-9-7-17(8-10-18)16-5-3-15(4-6-16)13-24-12-2-11-22/h3-10,14,19,24,29H,2,12-13,23H2,1H3,(H,25,27)(H,26,28)/t14-,19+/m1/s1. The van der Waals surface area contributed by atoms with Crippen LogP contribution >= 0.6 is 0 Å². The second kappa shape index (κ2) is 10.9. The van der Waals surface area contributed by atoms with Crippen molar-refractivity contribution in [2.24, 2.45) is 5.73 Å². The number of hydrogen-bond donors (Lipinski definition) is 5. The van der Waals surface area contributed by atoms with Crippen LogP contribution in [0, 0.1) is 11.3 Å². The first-order valence-electron chi connectivity index (χ1n) is 9.23. The fraction of sp³-hybridized carbons (Fsp3) is 0.286. The van der Waals surface area contributed by atoms with Gasteiger partial charge in [0.15, 0.2) is 0 Å². The van der Waals surface area contributed by atoms with Crippen LogP contribution in [-0.4, -0.2) is 35.7 Å². The summed E-state index contributed by atoms with van der Waals surface area (Å²) in [5.74, 6) is -1.23. The zero-order valence-electron chi connectivity index (χ0n) is 16.2. The molecule has 0 bridgehead atoms. The fourth-order valence-corrected chi connectivity index (χ4v) is 2.74. The Kier molecular flexibility index (Phi) is 8.30. The Balaban J connectivity index is 2.01. The van der Waals surface area contributed by atoms with Gasteiger partial charge in [-0.2, -0.15) is 5.26 Å². The number of amides is 2. The number of nitrogens with one attached hydrogen (secondary N) is 3. The Morgan fingerprint density at radius 2 is 1.69 bits per heavy atom. The lowest BCUT2D eigenvalue weighted by molar-refractivity contribution is -0.131. The lowest BCUT2D eigenvalue weighted by Gasteiger charge is -2.20. The Hall–Kier alpha value is -3.25. The zero-order valence-corrected chi connectivity index (χ0v) is 16.2. The first kappa shape index (κ1) is 22.0. The van der Waals surface area contributed by atoms with E-state index in [1.807, 2.05) is 36.4 Å². The number of carbonyl (C=O) groups is 2. The van der Waals surface area contributed by atoms with Crippen molar-refractivity contribution in [3.05, 3.63) is 59.7 Å². The monoisotopic (exact) mass is 395 g/mol. The molecule has 0 saturated carbocycles. The second-order valence-electron chi connectivity index (χ2n) is 6.65. The van der Waals surface area contributed by atoms with Crippen molar-refractivity contribution in [1.29, 1.82) is 5.26 Å². The van der Waals surface area contributed by atoms with Crippen LogP contribution in [-0.2, 0) is 11.3 Å². The molecule has 0 fully saturated rings. The van der Waals surface area contributed by atoms with E-state index < -0.39 is 23.9 Å². The summed E-state index contributed by atoms with van der Waals surface area (Å²) in [6.45, 7) is 2.92. The van der Waals surface area contributed by atoms with E-state index in [2.05, 4.69) is 16.7 Å². The Bertz CT molecular complexity index is 857. The molecular weight excluding hydrogens is 370 g/mol. The molecule has 0 heterocycles. The van der Waals surface area contributed by atoms with E-state index in [1.54, 1.807) is 19.1 Å². The summed E-state index contributed by atoms with van der Waals surface area (Å²) in [6.07, 6.45) is 0.480. The summed E-state index contributed by atoms with van der Waals surface area (Å²) in [5, 5.41) is 23.0. The summed E-state index contributed by atoms with van der Waals surface area (Å²) >= 11 is 0. The van der Waals surface area contributed by atoms with Crippen LogP contribution in [0.1, 0.15) is 29.3 Å². The Morgan fingerprint density at radius 3 is 2.21 bits per heavy atom. The number of benzene rings is 2. The molecule has 8 nitrogen and oxygen atoms in total. The third kappa shape index (κ3) is 6.40. The van der Waals surface area contributed by atoms with Gasteiger partial charge in [-0.15, -0.1) is 0 Å². The average Bonchev–Trinajstić information content (AvgIpc) is 2.74. The minimum Gasteiger partial charge on any atom is -0.339 e. The molecule has 29 heavy (non-hydrogen) atoms. The molecule has 0 aromatic heterocycles. The smallest absolute Gasteiger partial charge is 0.267 e. The lowest BCUT2D eigenvalue weighted by Crippen LogP contribution is -2.54. The number of nitriles is 1. The quantitative estimate of drug-likeness (QED) is 0.246. The van der Waals surface area contributed by atoms with Gasteiger partial charge < -0.3 is 16.4 Å². The van der Waals surface area contributed by atoms with Crippen molar-refractivity contribution in [3.8, 4) is 17.2 Å². The highest BCUT2D eigenvalue weighted by Gasteiger charge is 2.24. The Morgan fingerprint density at radius 1 is 1.10 bits per heavy atom. The number of nitrogens with zero attached hydrogens (tertiary/aromatic N) is 1. The molecule has 0 aliphatic carbocycles. The molecule has 2 aromatic carbocycles. The molecule has 0 unspecified atom stereocenters. The van der Waals surface area contributed by atoms with Crippen LogP contribution in [0.25, 0.3) is 11.1 Å². The normalized spacial score (nSPS) is 12.5. The van der Waals surface area contributed by atoms with E-state index in [0.29, 0.717) is 25.1 Å². The summed E-state index contributed by atoms with van der Waals surface area (Å²) in [4.78, 5) is 24.0. The van der Waals surface area contributed by atoms with E-state index in [4.69, 9.17) is 16.2 Å². The first-order chi connectivity index (χ1) is 14.0. The van der Waals surface area contributed by atoms with E-state index in [9.17, 15) is 9.59 Å². The number of rotatable bonds is 9. The van der Waals surface area contributed by atoms with Crippen LogP contribution in [0.5, 0.6) is 0 Å². The molecule has 8 heteroatoms. The molecule has 152 valence electrons. The minimum atomic E-state index is -1.04. The fourth-order valence-electron chi connectivity index (χ4n) is 2.74. The third-order valence-electron chi connectivity index (χ3n) is 4.38. The van der Waals surface area contributed by atoms with Crippen molar-refractivity contribution < 1.29 is 14.8 Å². The van der Waals surface area contributed by atoms with Gasteiger partial charge >= 0.3 is 0 Å². The van der Waals surface area contributed by atoms with Gasteiger partial charge in [0, 0.05) is 31.1 Å². The van der Waals surface area contributed by atoms with Gasteiger partial charge in [0.1, 0.15) is 6.04 Å². The van der Waals surface area contributed by atoms with Crippen LogP contribution in [0.15, 0.2) is 48.5 Å². The maximum absolute atomic E-state index is 12.4. The number of carbonyl (C=O) groups excluding carboxylic acids is 2. The Labute approximate surface area is 169 Å². The third-order valence-corrected chi connectivity index (χ3v) is 4.38. The maximum Gasteiger partial charge on any atom is 0.267 e.